The van der Waals surface area contributed by atoms with E-state index in [0.717, 1.165) is 10.4 Å². The Morgan fingerprint density at radius 1 is 1.48 bits per heavy atom. The highest BCUT2D eigenvalue weighted by Crippen LogP contribution is 2.29. The Balaban J connectivity index is 3.40. The van der Waals surface area contributed by atoms with Crippen LogP contribution in [0.4, 0.5) is 11.4 Å². The largest absolute Gasteiger partial charge is 0.394 e. The van der Waals surface area contributed by atoms with Crippen molar-refractivity contribution in [3.63, 3.8) is 0 Å². The summed E-state index contributed by atoms with van der Waals surface area (Å²) in [5.74, 6) is 5.15. The Morgan fingerprint density at radius 2 is 2.05 bits per heavy atom. The number of sulfonamides is 1. The summed E-state index contributed by atoms with van der Waals surface area (Å²) in [6, 6.07) is 3.35. The van der Waals surface area contributed by atoms with E-state index >= 15 is 0 Å². The molecule has 0 atom stereocenters. The first-order valence-electron chi connectivity index (χ1n) is 5.93. The van der Waals surface area contributed by atoms with Crippen molar-refractivity contribution in [3.05, 3.63) is 28.3 Å². The predicted octanol–water partition coefficient (Wildman–Crippen LogP) is 0.272. The van der Waals surface area contributed by atoms with Gasteiger partial charge < -0.3 is 10.5 Å². The van der Waals surface area contributed by atoms with Crippen molar-refractivity contribution in [3.8, 4) is 0 Å². The Bertz CT molecular complexity index is 644. The van der Waals surface area contributed by atoms with Gasteiger partial charge in [-0.25, -0.2) is 8.42 Å². The number of nitrogen functional groups attached to an aromatic ring is 1. The second-order valence-electron chi connectivity index (χ2n) is 5.02. The monoisotopic (exact) mass is 318 g/mol. The van der Waals surface area contributed by atoms with E-state index in [4.69, 9.17) is 5.84 Å². The van der Waals surface area contributed by atoms with Gasteiger partial charge in [0, 0.05) is 13.1 Å². The van der Waals surface area contributed by atoms with Crippen LogP contribution < -0.4 is 11.3 Å². The summed E-state index contributed by atoms with van der Waals surface area (Å²) in [5.41, 5.74) is 0.645. The standard InChI is InChI=1S/C11H18N4O5S/c1-11(2,7-16)14(3)21(19,20)8-4-5-9(13-12)10(6-8)15(17)18/h4-6,13,16H,7,12H2,1-3H3. The number of rotatable bonds is 6. The van der Waals surface area contributed by atoms with Crippen LogP contribution >= 0.6 is 0 Å². The van der Waals surface area contributed by atoms with Crippen molar-refractivity contribution < 1.29 is 18.4 Å². The van der Waals surface area contributed by atoms with Gasteiger partial charge in [-0.1, -0.05) is 0 Å². The highest BCUT2D eigenvalue weighted by molar-refractivity contribution is 7.89. The summed E-state index contributed by atoms with van der Waals surface area (Å²) in [5, 5.41) is 20.2. The first-order valence-corrected chi connectivity index (χ1v) is 7.37. The Labute approximate surface area is 122 Å². The van der Waals surface area contributed by atoms with Gasteiger partial charge in [0.05, 0.1) is 22.0 Å². The molecule has 1 aromatic carbocycles. The fourth-order valence-electron chi connectivity index (χ4n) is 1.53. The van der Waals surface area contributed by atoms with Gasteiger partial charge >= 0.3 is 0 Å². The van der Waals surface area contributed by atoms with Gasteiger partial charge in [0.15, 0.2) is 0 Å². The van der Waals surface area contributed by atoms with E-state index in [-0.39, 0.29) is 10.6 Å². The number of nitrogens with one attached hydrogen (secondary N) is 1. The summed E-state index contributed by atoms with van der Waals surface area (Å²) < 4.78 is 25.9. The van der Waals surface area contributed by atoms with Crippen molar-refractivity contribution in [2.45, 2.75) is 24.3 Å². The second-order valence-corrected chi connectivity index (χ2v) is 6.99. The molecule has 21 heavy (non-hydrogen) atoms. The van der Waals surface area contributed by atoms with Crippen LogP contribution in [0.25, 0.3) is 0 Å². The lowest BCUT2D eigenvalue weighted by molar-refractivity contribution is -0.384. The zero-order chi connectivity index (χ0) is 16.4. The maximum Gasteiger partial charge on any atom is 0.294 e. The molecule has 0 spiro atoms. The smallest absolute Gasteiger partial charge is 0.294 e. The third-order valence-corrected chi connectivity index (χ3v) is 5.28. The van der Waals surface area contributed by atoms with E-state index in [1.807, 2.05) is 0 Å². The highest BCUT2D eigenvalue weighted by atomic mass is 32.2. The summed E-state index contributed by atoms with van der Waals surface area (Å²) in [6.45, 7) is 2.68. The molecule has 9 nitrogen and oxygen atoms in total. The zero-order valence-corrected chi connectivity index (χ0v) is 12.7. The first kappa shape index (κ1) is 17.3. The molecule has 10 heteroatoms. The van der Waals surface area contributed by atoms with Crippen LogP contribution in [0.15, 0.2) is 23.1 Å². The molecule has 0 aliphatic heterocycles. The zero-order valence-electron chi connectivity index (χ0n) is 11.9. The van der Waals surface area contributed by atoms with Crippen LogP contribution in [0.1, 0.15) is 13.8 Å². The van der Waals surface area contributed by atoms with E-state index in [1.165, 1.54) is 33.0 Å². The van der Waals surface area contributed by atoms with Crippen LogP contribution in [-0.2, 0) is 10.0 Å². The average Bonchev–Trinajstić information content (AvgIpc) is 2.45. The summed E-state index contributed by atoms with van der Waals surface area (Å²) in [6.07, 6.45) is 0. The molecule has 118 valence electrons. The number of nitrogens with two attached hydrogens (primary N) is 1. The van der Waals surface area contributed by atoms with Crippen LogP contribution in [0.3, 0.4) is 0 Å². The second kappa shape index (κ2) is 5.93. The molecule has 0 amide bonds. The van der Waals surface area contributed by atoms with Gasteiger partial charge in [0.1, 0.15) is 5.69 Å². The van der Waals surface area contributed by atoms with E-state index in [2.05, 4.69) is 5.43 Å². The topological polar surface area (TPSA) is 139 Å². The minimum atomic E-state index is -3.99. The van der Waals surface area contributed by atoms with Gasteiger partial charge in [-0.3, -0.25) is 16.0 Å². The number of nitro benzene ring substituents is 1. The van der Waals surface area contributed by atoms with Crippen LogP contribution in [0.5, 0.6) is 0 Å². The molecule has 1 rings (SSSR count). The summed E-state index contributed by atoms with van der Waals surface area (Å²) >= 11 is 0. The van der Waals surface area contributed by atoms with E-state index in [9.17, 15) is 23.6 Å². The molecule has 0 aliphatic rings. The number of aliphatic hydroxyl groups excluding tert-OH is 1. The minimum absolute atomic E-state index is 0.00280. The maximum atomic E-state index is 12.5. The number of benzene rings is 1. The van der Waals surface area contributed by atoms with Gasteiger partial charge in [-0.2, -0.15) is 4.31 Å². The van der Waals surface area contributed by atoms with E-state index < -0.39 is 32.8 Å². The molecule has 0 aliphatic carbocycles. The van der Waals surface area contributed by atoms with Crippen LogP contribution in [0.2, 0.25) is 0 Å². The number of nitro groups is 1. The molecule has 0 radical (unpaired) electrons. The molecule has 0 bridgehead atoms. The van der Waals surface area contributed by atoms with Crippen LogP contribution in [-0.4, -0.2) is 41.9 Å². The Hall–Kier alpha value is -1.75. The van der Waals surface area contributed by atoms with Gasteiger partial charge in [0.2, 0.25) is 10.0 Å². The maximum absolute atomic E-state index is 12.5. The molecule has 0 saturated heterocycles. The number of aliphatic hydroxyl groups is 1. The van der Waals surface area contributed by atoms with Gasteiger partial charge in [-0.05, 0) is 26.0 Å². The average molecular weight is 318 g/mol. The first-order chi connectivity index (χ1) is 9.57. The molecule has 0 unspecified atom stereocenters. The van der Waals surface area contributed by atoms with E-state index in [0.29, 0.717) is 0 Å². The minimum Gasteiger partial charge on any atom is -0.394 e. The number of anilines is 1. The quantitative estimate of drug-likeness (QED) is 0.388. The van der Waals surface area contributed by atoms with Crippen molar-refractivity contribution in [2.75, 3.05) is 19.1 Å². The predicted molar refractivity (Wildman–Crippen MR) is 77.0 cm³/mol. The lowest BCUT2D eigenvalue weighted by Crippen LogP contribution is -2.47. The fourth-order valence-corrected chi connectivity index (χ4v) is 3.05. The Kier molecular flexibility index (Phi) is 4.89. The normalized spacial score (nSPS) is 12.5. The van der Waals surface area contributed by atoms with Crippen molar-refractivity contribution >= 4 is 21.4 Å². The van der Waals surface area contributed by atoms with Crippen molar-refractivity contribution in [2.24, 2.45) is 5.84 Å². The molecule has 1 aromatic rings. The lowest BCUT2D eigenvalue weighted by Gasteiger charge is -2.32. The number of likely N-dealkylation sites (N-methyl/N-ethyl adjacent to an activating group) is 1. The molecular formula is C11H18N4O5S. The lowest BCUT2D eigenvalue weighted by atomic mass is 10.1. The summed E-state index contributed by atoms with van der Waals surface area (Å²) in [4.78, 5) is 9.96. The molecule has 0 heterocycles. The molecule has 0 fully saturated rings. The number of nitrogens with zero attached hydrogens (tertiary/aromatic N) is 2. The molecular weight excluding hydrogens is 300 g/mol. The number of hydrogen-bond donors (Lipinski definition) is 3. The van der Waals surface area contributed by atoms with Gasteiger partial charge in [-0.15, -0.1) is 0 Å². The number of hydrazine groups is 1. The SMILES string of the molecule is CN(C(C)(C)CO)S(=O)(=O)c1ccc(NN)c([N+](=O)[O-])c1. The van der Waals surface area contributed by atoms with Gasteiger partial charge in [0.25, 0.3) is 5.69 Å². The number of hydrogen-bond acceptors (Lipinski definition) is 7. The highest BCUT2D eigenvalue weighted by Gasteiger charge is 2.34. The van der Waals surface area contributed by atoms with Crippen molar-refractivity contribution in [1.82, 2.24) is 4.31 Å². The molecule has 0 saturated carbocycles. The molecule has 4 N–H and O–H groups in total. The Morgan fingerprint density at radius 3 is 2.48 bits per heavy atom. The fraction of sp³-hybridized carbons (Fsp3) is 0.455. The van der Waals surface area contributed by atoms with Crippen molar-refractivity contribution in [1.29, 1.82) is 0 Å². The van der Waals surface area contributed by atoms with E-state index in [1.54, 1.807) is 0 Å². The third-order valence-electron chi connectivity index (χ3n) is 3.22. The third kappa shape index (κ3) is 3.29. The summed E-state index contributed by atoms with van der Waals surface area (Å²) in [7, 11) is -2.69. The molecule has 0 aromatic heterocycles. The van der Waals surface area contributed by atoms with Crippen LogP contribution in [0, 0.1) is 10.1 Å².